The summed E-state index contributed by atoms with van der Waals surface area (Å²) < 4.78 is 37.3. The van der Waals surface area contributed by atoms with Crippen LogP contribution in [0.15, 0.2) is 18.2 Å². The van der Waals surface area contributed by atoms with Crippen LogP contribution in [0.1, 0.15) is 25.7 Å². The molecule has 2 fully saturated rings. The third-order valence-electron chi connectivity index (χ3n) is 5.44. The van der Waals surface area contributed by atoms with Crippen molar-refractivity contribution in [3.8, 4) is 5.75 Å². The maximum absolute atomic E-state index is 13.4. The Morgan fingerprint density at radius 2 is 1.86 bits per heavy atom. The first kappa shape index (κ1) is 21.0. The van der Waals surface area contributed by atoms with Crippen molar-refractivity contribution in [2.24, 2.45) is 0 Å². The van der Waals surface area contributed by atoms with E-state index in [2.05, 4.69) is 4.90 Å². The van der Waals surface area contributed by atoms with Gasteiger partial charge in [0.2, 0.25) is 5.91 Å². The molecule has 1 aromatic rings. The van der Waals surface area contributed by atoms with Gasteiger partial charge in [0.05, 0.1) is 6.54 Å². The number of carbonyl (C=O) groups excluding carboxylic acids is 1. The minimum atomic E-state index is -1.36. The summed E-state index contributed by atoms with van der Waals surface area (Å²) in [5.41, 5.74) is -1.36. The number of hydrogen-bond donors (Lipinski definition) is 1. The van der Waals surface area contributed by atoms with Crippen LogP contribution in [0.4, 0.5) is 8.78 Å². The normalized spacial score (nSPS) is 24.4. The van der Waals surface area contributed by atoms with Crippen LogP contribution in [0.5, 0.6) is 5.75 Å². The van der Waals surface area contributed by atoms with Gasteiger partial charge in [-0.1, -0.05) is 12.8 Å². The molecule has 1 saturated carbocycles. The Bertz CT molecular complexity index is 664. The number of carbonyl (C=O) groups is 1. The van der Waals surface area contributed by atoms with Crippen molar-refractivity contribution >= 4 is 5.91 Å². The molecule has 0 radical (unpaired) electrons. The van der Waals surface area contributed by atoms with E-state index in [9.17, 15) is 18.7 Å². The second-order valence-electron chi connectivity index (χ2n) is 7.78. The van der Waals surface area contributed by atoms with Gasteiger partial charge in [-0.25, -0.2) is 8.78 Å². The lowest BCUT2D eigenvalue weighted by atomic mass is 10.0. The van der Waals surface area contributed by atoms with Gasteiger partial charge in [-0.15, -0.1) is 0 Å². The van der Waals surface area contributed by atoms with Gasteiger partial charge in [-0.05, 0) is 12.8 Å². The lowest BCUT2D eigenvalue weighted by Crippen LogP contribution is -2.53. The Labute approximate surface area is 164 Å². The van der Waals surface area contributed by atoms with Crippen LogP contribution in [-0.2, 0) is 9.53 Å². The minimum absolute atomic E-state index is 0.0114. The Morgan fingerprint density at radius 3 is 2.50 bits per heavy atom. The van der Waals surface area contributed by atoms with Gasteiger partial charge in [0.25, 0.3) is 0 Å². The highest BCUT2D eigenvalue weighted by Gasteiger charge is 2.39. The monoisotopic (exact) mass is 398 g/mol. The van der Waals surface area contributed by atoms with Crippen LogP contribution in [0.3, 0.4) is 0 Å². The van der Waals surface area contributed by atoms with Crippen LogP contribution in [-0.4, -0.2) is 79.0 Å². The highest BCUT2D eigenvalue weighted by Crippen LogP contribution is 2.27. The second-order valence-corrected chi connectivity index (χ2v) is 7.78. The fourth-order valence-electron chi connectivity index (χ4n) is 4.12. The summed E-state index contributed by atoms with van der Waals surface area (Å²) in [6.45, 7) is 1.35. The Balaban J connectivity index is 1.74. The van der Waals surface area contributed by atoms with E-state index in [4.69, 9.17) is 9.47 Å². The van der Waals surface area contributed by atoms with Gasteiger partial charge in [0, 0.05) is 51.0 Å². The van der Waals surface area contributed by atoms with Gasteiger partial charge in [-0.3, -0.25) is 9.69 Å². The van der Waals surface area contributed by atoms with Crippen molar-refractivity contribution in [1.29, 1.82) is 0 Å². The molecule has 1 aliphatic heterocycles. The number of benzene rings is 1. The number of rotatable bonds is 6. The number of halogens is 2. The largest absolute Gasteiger partial charge is 0.490 e. The van der Waals surface area contributed by atoms with Crippen molar-refractivity contribution in [3.05, 3.63) is 29.8 Å². The molecule has 1 saturated heterocycles. The number of aliphatic hydroxyl groups is 1. The summed E-state index contributed by atoms with van der Waals surface area (Å²) in [6.07, 6.45) is 4.45. The number of methoxy groups -OCH3 is 1. The number of β-amino-alcohol motifs (C(OH)–C–C–N with tert-alkyl or cyclic N) is 1. The average Bonchev–Trinajstić information content (AvgIpc) is 3.10. The maximum atomic E-state index is 13.4. The van der Waals surface area contributed by atoms with Gasteiger partial charge < -0.3 is 19.5 Å². The van der Waals surface area contributed by atoms with E-state index >= 15 is 0 Å². The molecule has 6 nitrogen and oxygen atoms in total. The number of hydrogen-bond acceptors (Lipinski definition) is 5. The third kappa shape index (κ3) is 5.40. The molecule has 1 aliphatic carbocycles. The third-order valence-corrected chi connectivity index (χ3v) is 5.44. The summed E-state index contributed by atoms with van der Waals surface area (Å²) in [5.74, 6) is -1.68. The molecule has 3 rings (SSSR count). The molecule has 1 unspecified atom stereocenters. The molecule has 2 aliphatic rings. The van der Waals surface area contributed by atoms with E-state index in [-0.39, 0.29) is 31.4 Å². The molecule has 156 valence electrons. The molecule has 1 amide bonds. The van der Waals surface area contributed by atoms with Gasteiger partial charge >= 0.3 is 0 Å². The second kappa shape index (κ2) is 9.15. The van der Waals surface area contributed by atoms with E-state index < -0.39 is 17.2 Å². The summed E-state index contributed by atoms with van der Waals surface area (Å²) >= 11 is 0. The quantitative estimate of drug-likeness (QED) is 0.792. The molecular weight excluding hydrogens is 370 g/mol. The van der Waals surface area contributed by atoms with E-state index in [1.807, 2.05) is 0 Å². The predicted molar refractivity (Wildman–Crippen MR) is 99.1 cm³/mol. The molecule has 1 atom stereocenters. The highest BCUT2D eigenvalue weighted by atomic mass is 19.1. The first-order valence-corrected chi connectivity index (χ1v) is 9.70. The number of amides is 1. The zero-order valence-electron chi connectivity index (χ0n) is 16.2. The van der Waals surface area contributed by atoms with E-state index in [1.54, 1.807) is 4.90 Å². The maximum Gasteiger partial charge on any atom is 0.248 e. The molecular formula is C20H28F2N2O4. The topological polar surface area (TPSA) is 62.2 Å². The summed E-state index contributed by atoms with van der Waals surface area (Å²) in [7, 11) is 1.45. The molecule has 8 heteroatoms. The van der Waals surface area contributed by atoms with Crippen LogP contribution in [0, 0.1) is 11.6 Å². The van der Waals surface area contributed by atoms with Crippen molar-refractivity contribution in [2.45, 2.75) is 37.3 Å². The van der Waals surface area contributed by atoms with Crippen molar-refractivity contribution in [2.75, 3.05) is 46.5 Å². The standard InChI is InChI=1S/C20H28F2N2O4/c1-27-11-19(25)24-7-6-23(17-4-2-3-5-17)12-20(26,13-24)14-28-18-9-15(21)8-16(22)10-18/h8-10,17,26H,2-7,11-14H2,1H3. The lowest BCUT2D eigenvalue weighted by molar-refractivity contribution is -0.138. The lowest BCUT2D eigenvalue weighted by Gasteiger charge is -2.35. The Hall–Kier alpha value is -1.77. The molecule has 28 heavy (non-hydrogen) atoms. The van der Waals surface area contributed by atoms with Gasteiger partial charge in [-0.2, -0.15) is 0 Å². The number of nitrogens with zero attached hydrogens (tertiary/aromatic N) is 2. The fourth-order valence-corrected chi connectivity index (χ4v) is 4.12. The molecule has 1 N–H and O–H groups in total. The molecule has 1 heterocycles. The minimum Gasteiger partial charge on any atom is -0.490 e. The first-order chi connectivity index (χ1) is 13.4. The van der Waals surface area contributed by atoms with Gasteiger partial charge in [0.1, 0.15) is 36.2 Å². The SMILES string of the molecule is COCC(=O)N1CCN(C2CCCC2)CC(O)(COc2cc(F)cc(F)c2)C1. The molecule has 0 bridgehead atoms. The summed E-state index contributed by atoms with van der Waals surface area (Å²) in [4.78, 5) is 16.1. The zero-order valence-corrected chi connectivity index (χ0v) is 16.2. The average molecular weight is 398 g/mol. The van der Waals surface area contributed by atoms with E-state index in [0.29, 0.717) is 25.7 Å². The Morgan fingerprint density at radius 1 is 1.18 bits per heavy atom. The Kier molecular flexibility index (Phi) is 6.85. The van der Waals surface area contributed by atoms with E-state index in [1.165, 1.54) is 7.11 Å². The van der Waals surface area contributed by atoms with Crippen molar-refractivity contribution in [1.82, 2.24) is 9.80 Å². The predicted octanol–water partition coefficient (Wildman–Crippen LogP) is 1.81. The summed E-state index contributed by atoms with van der Waals surface area (Å²) in [5, 5.41) is 11.3. The molecule has 0 aromatic heterocycles. The van der Waals surface area contributed by atoms with E-state index in [0.717, 1.165) is 43.9 Å². The smallest absolute Gasteiger partial charge is 0.248 e. The van der Waals surface area contributed by atoms with Crippen LogP contribution in [0.2, 0.25) is 0 Å². The van der Waals surface area contributed by atoms with Crippen molar-refractivity contribution in [3.63, 3.8) is 0 Å². The molecule has 0 spiro atoms. The fraction of sp³-hybridized carbons (Fsp3) is 0.650. The van der Waals surface area contributed by atoms with Gasteiger partial charge in [0.15, 0.2) is 0 Å². The van der Waals surface area contributed by atoms with Crippen LogP contribution in [0.25, 0.3) is 0 Å². The summed E-state index contributed by atoms with van der Waals surface area (Å²) in [6, 6.07) is 3.29. The van der Waals surface area contributed by atoms with Crippen molar-refractivity contribution < 1.29 is 28.2 Å². The zero-order chi connectivity index (χ0) is 20.1. The number of ether oxygens (including phenoxy) is 2. The van der Waals surface area contributed by atoms with Crippen LogP contribution >= 0.6 is 0 Å². The highest BCUT2D eigenvalue weighted by molar-refractivity contribution is 5.77. The molecule has 1 aromatic carbocycles. The van der Waals surface area contributed by atoms with Crippen LogP contribution < -0.4 is 4.74 Å². The first-order valence-electron chi connectivity index (χ1n) is 9.70.